The lowest BCUT2D eigenvalue weighted by Gasteiger charge is -2.21. The molecule has 2 aromatic rings. The number of benzene rings is 1. The summed E-state index contributed by atoms with van der Waals surface area (Å²) in [5.74, 6) is 2.16. The first-order chi connectivity index (χ1) is 15.6. The lowest BCUT2D eigenvalue weighted by Crippen LogP contribution is -2.40. The zero-order chi connectivity index (χ0) is 22.3. The van der Waals surface area contributed by atoms with E-state index in [1.165, 1.54) is 11.1 Å². The second-order valence-electron chi connectivity index (χ2n) is 8.64. The third-order valence-electron chi connectivity index (χ3n) is 5.92. The van der Waals surface area contributed by atoms with Crippen LogP contribution in [0.5, 0.6) is 5.75 Å². The molecule has 1 unspecified atom stereocenters. The van der Waals surface area contributed by atoms with Crippen LogP contribution < -0.4 is 15.4 Å². The van der Waals surface area contributed by atoms with Crippen molar-refractivity contribution in [1.82, 2.24) is 25.3 Å². The molecule has 9 heteroatoms. The van der Waals surface area contributed by atoms with Gasteiger partial charge in [0, 0.05) is 51.4 Å². The van der Waals surface area contributed by atoms with Gasteiger partial charge in [-0.05, 0) is 55.9 Å². The summed E-state index contributed by atoms with van der Waals surface area (Å²) < 4.78 is 7.45. The number of amides is 1. The monoisotopic (exact) mass is 566 g/mol. The van der Waals surface area contributed by atoms with Gasteiger partial charge in [-0.3, -0.25) is 14.5 Å². The summed E-state index contributed by atoms with van der Waals surface area (Å²) in [7, 11) is 1.96. The Bertz CT molecular complexity index is 925. The third kappa shape index (κ3) is 7.62. The smallest absolute Gasteiger partial charge is 0.258 e. The summed E-state index contributed by atoms with van der Waals surface area (Å²) in [6.45, 7) is 5.73. The molecule has 2 N–H and O–H groups in total. The number of aryl methyl sites for hydroxylation is 1. The van der Waals surface area contributed by atoms with Crippen LogP contribution in [0.3, 0.4) is 0 Å². The number of carbonyl (C=O) groups is 1. The fraction of sp³-hybridized carbons (Fsp3) is 0.542. The van der Waals surface area contributed by atoms with Crippen molar-refractivity contribution in [2.45, 2.75) is 44.6 Å². The Morgan fingerprint density at radius 3 is 2.70 bits per heavy atom. The summed E-state index contributed by atoms with van der Waals surface area (Å²) in [6, 6.07) is 8.31. The number of halogens is 1. The van der Waals surface area contributed by atoms with Crippen molar-refractivity contribution in [2.24, 2.45) is 12.0 Å². The Balaban J connectivity index is 0.00000306. The van der Waals surface area contributed by atoms with Crippen LogP contribution in [0.2, 0.25) is 0 Å². The molecule has 1 saturated heterocycles. The molecule has 0 spiro atoms. The molecule has 2 aliphatic rings. The van der Waals surface area contributed by atoms with Crippen LogP contribution in [0.4, 0.5) is 0 Å². The minimum Gasteiger partial charge on any atom is -0.484 e. The van der Waals surface area contributed by atoms with Crippen LogP contribution in [-0.2, 0) is 18.3 Å². The Hall–Kier alpha value is -2.30. The van der Waals surface area contributed by atoms with Crippen LogP contribution in [0, 0.1) is 0 Å². The van der Waals surface area contributed by atoms with Crippen molar-refractivity contribution in [3.05, 3.63) is 47.8 Å². The van der Waals surface area contributed by atoms with Gasteiger partial charge in [0.25, 0.3) is 5.91 Å². The summed E-state index contributed by atoms with van der Waals surface area (Å²) >= 11 is 0. The molecule has 1 saturated carbocycles. The molecule has 1 amide bonds. The number of hydrogen-bond donors (Lipinski definition) is 2. The summed E-state index contributed by atoms with van der Waals surface area (Å²) in [5, 5.41) is 10.7. The normalized spacial score (nSPS) is 18.1. The molecule has 2 heterocycles. The Kier molecular flexibility index (Phi) is 9.40. The number of rotatable bonds is 9. The fourth-order valence-corrected chi connectivity index (χ4v) is 3.99. The van der Waals surface area contributed by atoms with E-state index in [0.717, 1.165) is 63.6 Å². The first kappa shape index (κ1) is 25.3. The highest BCUT2D eigenvalue weighted by Gasteiger charge is 2.27. The lowest BCUT2D eigenvalue weighted by atomic mass is 10.0. The minimum atomic E-state index is -0.0467. The van der Waals surface area contributed by atoms with Gasteiger partial charge >= 0.3 is 0 Å². The molecule has 0 radical (unpaired) electrons. The average Bonchev–Trinajstić information content (AvgIpc) is 3.28. The Morgan fingerprint density at radius 2 is 2.03 bits per heavy atom. The second kappa shape index (κ2) is 12.2. The van der Waals surface area contributed by atoms with E-state index in [4.69, 9.17) is 9.73 Å². The Labute approximate surface area is 213 Å². The van der Waals surface area contributed by atoms with Crippen molar-refractivity contribution in [3.63, 3.8) is 0 Å². The molecular formula is C24H35IN6O2. The van der Waals surface area contributed by atoms with Crippen molar-refractivity contribution < 1.29 is 9.53 Å². The number of carbonyl (C=O) groups excluding carboxylic acids is 1. The molecule has 0 bridgehead atoms. The molecule has 1 aliphatic heterocycles. The number of nitrogens with zero attached hydrogens (tertiary/aromatic N) is 4. The molecule has 8 nitrogen and oxygen atoms in total. The van der Waals surface area contributed by atoms with Gasteiger partial charge in [-0.2, -0.15) is 5.10 Å². The van der Waals surface area contributed by atoms with E-state index in [0.29, 0.717) is 12.0 Å². The van der Waals surface area contributed by atoms with Crippen LogP contribution in [-0.4, -0.2) is 65.4 Å². The fourth-order valence-electron chi connectivity index (χ4n) is 3.99. The number of guanidine groups is 1. The van der Waals surface area contributed by atoms with E-state index < -0.39 is 0 Å². The highest BCUT2D eigenvalue weighted by Crippen LogP contribution is 2.26. The van der Waals surface area contributed by atoms with E-state index in [9.17, 15) is 4.79 Å². The number of hydrogen-bond acceptors (Lipinski definition) is 4. The van der Waals surface area contributed by atoms with Gasteiger partial charge in [0.05, 0.1) is 6.20 Å². The van der Waals surface area contributed by atoms with Gasteiger partial charge in [-0.15, -0.1) is 24.0 Å². The largest absolute Gasteiger partial charge is 0.484 e. The van der Waals surface area contributed by atoms with Crippen molar-refractivity contribution in [3.8, 4) is 5.75 Å². The zero-order valence-corrected chi connectivity index (χ0v) is 21.8. The Morgan fingerprint density at radius 1 is 1.24 bits per heavy atom. The maximum atomic E-state index is 11.7. The number of nitrogens with one attached hydrogen (secondary N) is 2. The lowest BCUT2D eigenvalue weighted by molar-refractivity contribution is -0.123. The van der Waals surface area contributed by atoms with E-state index in [1.54, 1.807) is 0 Å². The van der Waals surface area contributed by atoms with Crippen molar-refractivity contribution >= 4 is 35.8 Å². The molecule has 1 atom stereocenters. The minimum absolute atomic E-state index is 0. The predicted molar refractivity (Wildman–Crippen MR) is 140 cm³/mol. The van der Waals surface area contributed by atoms with Gasteiger partial charge in [-0.1, -0.05) is 12.1 Å². The third-order valence-corrected chi connectivity index (χ3v) is 5.92. The van der Waals surface area contributed by atoms with Gasteiger partial charge in [-0.25, -0.2) is 0 Å². The van der Waals surface area contributed by atoms with Crippen LogP contribution in [0.25, 0.3) is 0 Å². The van der Waals surface area contributed by atoms with E-state index in [1.807, 2.05) is 42.2 Å². The molecular weight excluding hydrogens is 531 g/mol. The average molecular weight is 566 g/mol. The molecule has 1 aromatic heterocycles. The number of aromatic nitrogens is 2. The molecule has 1 aliphatic carbocycles. The van der Waals surface area contributed by atoms with E-state index in [-0.39, 0.29) is 36.5 Å². The molecule has 1 aromatic carbocycles. The molecule has 4 rings (SSSR count). The maximum Gasteiger partial charge on any atom is 0.258 e. The predicted octanol–water partition coefficient (Wildman–Crippen LogP) is 2.69. The maximum absolute atomic E-state index is 11.7. The first-order valence-corrected chi connectivity index (χ1v) is 11.6. The number of likely N-dealkylation sites (tertiary alicyclic amines) is 1. The summed E-state index contributed by atoms with van der Waals surface area (Å²) in [6.07, 6.45) is 8.24. The van der Waals surface area contributed by atoms with Crippen molar-refractivity contribution in [2.75, 3.05) is 32.8 Å². The van der Waals surface area contributed by atoms with Crippen LogP contribution in [0.1, 0.15) is 43.2 Å². The molecule has 180 valence electrons. The second-order valence-corrected chi connectivity index (χ2v) is 8.64. The SMILES string of the molecule is CCNC(=NCCc1ccc(OCC(=O)NC2CC2)cc1)N1CCC(c2cnn(C)c2)C1.I. The van der Waals surface area contributed by atoms with Crippen LogP contribution >= 0.6 is 24.0 Å². The summed E-state index contributed by atoms with van der Waals surface area (Å²) in [4.78, 5) is 19.0. The first-order valence-electron chi connectivity index (χ1n) is 11.6. The standard InChI is InChI=1S/C24H34N6O2.HI/c1-3-25-24(30-13-11-19(16-30)20-14-27-29(2)15-20)26-12-10-18-4-8-22(9-5-18)32-17-23(31)28-21-6-7-21;/h4-5,8-9,14-15,19,21H,3,6-7,10-13,16-17H2,1-2H3,(H,25,26)(H,28,31);1H. The number of ether oxygens (including phenoxy) is 1. The number of aliphatic imine (C=N–C) groups is 1. The molecule has 2 fully saturated rings. The quantitative estimate of drug-likeness (QED) is 0.277. The van der Waals surface area contributed by atoms with E-state index >= 15 is 0 Å². The van der Waals surface area contributed by atoms with E-state index in [2.05, 4.69) is 33.8 Å². The van der Waals surface area contributed by atoms with Gasteiger partial charge in [0.2, 0.25) is 0 Å². The topological polar surface area (TPSA) is 83.8 Å². The zero-order valence-electron chi connectivity index (χ0n) is 19.5. The highest BCUT2D eigenvalue weighted by atomic mass is 127. The highest BCUT2D eigenvalue weighted by molar-refractivity contribution is 14.0. The van der Waals surface area contributed by atoms with Crippen LogP contribution in [0.15, 0.2) is 41.7 Å². The summed E-state index contributed by atoms with van der Waals surface area (Å²) in [5.41, 5.74) is 2.51. The van der Waals surface area contributed by atoms with Gasteiger partial charge in [0.15, 0.2) is 12.6 Å². The van der Waals surface area contributed by atoms with Gasteiger partial charge < -0.3 is 20.3 Å². The molecule has 33 heavy (non-hydrogen) atoms. The van der Waals surface area contributed by atoms with Crippen molar-refractivity contribution in [1.29, 1.82) is 0 Å². The van der Waals surface area contributed by atoms with Gasteiger partial charge in [0.1, 0.15) is 5.75 Å².